The predicted octanol–water partition coefficient (Wildman–Crippen LogP) is -2.44. The van der Waals surface area contributed by atoms with E-state index in [2.05, 4.69) is 0 Å². The number of aliphatic hydroxyl groups is 5. The van der Waals surface area contributed by atoms with Crippen LogP contribution in [0.1, 0.15) is 13.8 Å². The van der Waals surface area contributed by atoms with Gasteiger partial charge in [0, 0.05) is 0 Å². The fourth-order valence-electron chi connectivity index (χ4n) is 1.67. The summed E-state index contributed by atoms with van der Waals surface area (Å²) in [5, 5.41) is 47.1. The third-order valence-electron chi connectivity index (χ3n) is 2.64. The molecule has 0 aromatic rings. The van der Waals surface area contributed by atoms with Gasteiger partial charge in [0.2, 0.25) is 5.79 Å². The van der Waals surface area contributed by atoms with Gasteiger partial charge in [-0.1, -0.05) is 0 Å². The van der Waals surface area contributed by atoms with Gasteiger partial charge in [0.1, 0.15) is 17.8 Å². The third kappa shape index (κ3) is 1.54. The van der Waals surface area contributed by atoms with Crippen LogP contribution < -0.4 is 0 Å². The first-order valence-electron chi connectivity index (χ1n) is 4.35. The van der Waals surface area contributed by atoms with E-state index in [-0.39, 0.29) is 0 Å². The minimum Gasteiger partial charge on any atom is -0.391 e. The van der Waals surface area contributed by atoms with E-state index >= 15 is 0 Å². The lowest BCUT2D eigenvalue weighted by molar-refractivity contribution is -0.373. The molecule has 1 aliphatic rings. The summed E-state index contributed by atoms with van der Waals surface area (Å²) in [6.45, 7) is 1.73. The van der Waals surface area contributed by atoms with Crippen LogP contribution in [0.15, 0.2) is 0 Å². The summed E-state index contributed by atoms with van der Waals surface area (Å²) < 4.78 is 4.83. The number of ether oxygens (including phenoxy) is 1. The van der Waals surface area contributed by atoms with Gasteiger partial charge in [-0.2, -0.15) is 0 Å². The molecule has 84 valence electrons. The largest absolute Gasteiger partial charge is 0.391 e. The second kappa shape index (κ2) is 3.41. The molecule has 0 unspecified atom stereocenters. The molecule has 0 aromatic carbocycles. The van der Waals surface area contributed by atoms with Crippen molar-refractivity contribution >= 4 is 0 Å². The molecule has 0 saturated carbocycles. The van der Waals surface area contributed by atoms with Crippen LogP contribution in [0.4, 0.5) is 0 Å². The average Bonchev–Trinajstić information content (AvgIpc) is 2.13. The molecule has 0 radical (unpaired) electrons. The van der Waals surface area contributed by atoms with Gasteiger partial charge in [0.25, 0.3) is 0 Å². The zero-order chi connectivity index (χ0) is 11.1. The number of aliphatic hydroxyl groups excluding tert-OH is 3. The molecule has 0 aromatic heterocycles. The van der Waals surface area contributed by atoms with Gasteiger partial charge in [0.05, 0.1) is 12.7 Å². The summed E-state index contributed by atoms with van der Waals surface area (Å²) in [5.74, 6) is -2.23. The van der Waals surface area contributed by atoms with E-state index in [0.29, 0.717) is 0 Å². The lowest BCUT2D eigenvalue weighted by Gasteiger charge is -2.49. The van der Waals surface area contributed by atoms with Crippen LogP contribution in [0.3, 0.4) is 0 Å². The predicted molar refractivity (Wildman–Crippen MR) is 45.2 cm³/mol. The molecule has 0 bridgehead atoms. The summed E-state index contributed by atoms with van der Waals surface area (Å²) in [6, 6.07) is 0. The van der Waals surface area contributed by atoms with Gasteiger partial charge >= 0.3 is 0 Å². The van der Waals surface area contributed by atoms with Crippen molar-refractivity contribution in [1.29, 1.82) is 0 Å². The Morgan fingerprint density at radius 1 is 1.29 bits per heavy atom. The molecule has 1 fully saturated rings. The average molecular weight is 208 g/mol. The first kappa shape index (κ1) is 11.8. The number of rotatable bonds is 1. The van der Waals surface area contributed by atoms with Crippen LogP contribution in [0, 0.1) is 0 Å². The van der Waals surface area contributed by atoms with Crippen molar-refractivity contribution in [1.82, 2.24) is 0 Å². The Hall–Kier alpha value is -0.240. The highest BCUT2D eigenvalue weighted by Gasteiger charge is 2.57. The van der Waals surface area contributed by atoms with E-state index < -0.39 is 36.3 Å². The third-order valence-corrected chi connectivity index (χ3v) is 2.64. The molecule has 1 saturated heterocycles. The van der Waals surface area contributed by atoms with Crippen LogP contribution in [0.2, 0.25) is 0 Å². The van der Waals surface area contributed by atoms with Crippen LogP contribution in [0.25, 0.3) is 0 Å². The highest BCUT2D eigenvalue weighted by molar-refractivity contribution is 5.03. The molecule has 5 N–H and O–H groups in total. The SMILES string of the molecule is C[C@H]1O[C@@](O)(CO)[C@@H](O)[C@@](C)(O)[C@@H]1O. The molecule has 1 aliphatic heterocycles. The van der Waals surface area contributed by atoms with E-state index in [0.717, 1.165) is 0 Å². The molecule has 5 atom stereocenters. The first-order valence-corrected chi connectivity index (χ1v) is 4.35. The van der Waals surface area contributed by atoms with Crippen molar-refractivity contribution in [2.75, 3.05) is 6.61 Å². The van der Waals surface area contributed by atoms with E-state index in [1.165, 1.54) is 13.8 Å². The molecular formula is C8H16O6. The first-order chi connectivity index (χ1) is 6.25. The standard InChI is InChI=1S/C8H16O6/c1-4-5(10)7(2,12)6(11)8(13,3-9)14-4/h4-6,9-13H,3H2,1-2H3/t4-,5-,6+,7+,8+/m1/s1. The van der Waals surface area contributed by atoms with Crippen LogP contribution in [-0.2, 0) is 4.74 Å². The molecule has 6 nitrogen and oxygen atoms in total. The fraction of sp³-hybridized carbons (Fsp3) is 1.00. The molecule has 6 heteroatoms. The normalized spacial score (nSPS) is 54.6. The van der Waals surface area contributed by atoms with Gasteiger partial charge in [-0.15, -0.1) is 0 Å². The Labute approximate surface area is 81.4 Å². The second-order valence-electron chi connectivity index (χ2n) is 3.90. The zero-order valence-electron chi connectivity index (χ0n) is 8.08. The van der Waals surface area contributed by atoms with Gasteiger partial charge in [-0.05, 0) is 13.8 Å². The van der Waals surface area contributed by atoms with Crippen molar-refractivity contribution in [3.63, 3.8) is 0 Å². The van der Waals surface area contributed by atoms with Crippen LogP contribution in [-0.4, -0.2) is 61.8 Å². The Bertz CT molecular complexity index is 213. The summed E-state index contributed by atoms with van der Waals surface area (Å²) in [7, 11) is 0. The minimum atomic E-state index is -2.23. The number of hydrogen-bond acceptors (Lipinski definition) is 6. The Morgan fingerprint density at radius 3 is 2.21 bits per heavy atom. The minimum absolute atomic E-state index is 0.860. The molecule has 0 spiro atoms. The van der Waals surface area contributed by atoms with Crippen molar-refractivity contribution in [3.05, 3.63) is 0 Å². The Kier molecular flexibility index (Phi) is 2.88. The summed E-state index contributed by atoms with van der Waals surface area (Å²) in [5.41, 5.74) is -1.92. The van der Waals surface area contributed by atoms with Crippen molar-refractivity contribution in [3.8, 4) is 0 Å². The Morgan fingerprint density at radius 2 is 1.79 bits per heavy atom. The topological polar surface area (TPSA) is 110 Å². The van der Waals surface area contributed by atoms with Gasteiger partial charge in [-0.25, -0.2) is 0 Å². The highest BCUT2D eigenvalue weighted by atomic mass is 16.7. The maximum absolute atomic E-state index is 9.70. The van der Waals surface area contributed by atoms with E-state index in [1.807, 2.05) is 0 Å². The molecular weight excluding hydrogens is 192 g/mol. The second-order valence-corrected chi connectivity index (χ2v) is 3.90. The zero-order valence-corrected chi connectivity index (χ0v) is 8.08. The molecule has 1 heterocycles. The smallest absolute Gasteiger partial charge is 0.219 e. The quantitative estimate of drug-likeness (QED) is 0.327. The molecule has 0 aliphatic carbocycles. The molecule has 14 heavy (non-hydrogen) atoms. The summed E-state index contributed by atoms with van der Waals surface area (Å²) >= 11 is 0. The van der Waals surface area contributed by atoms with E-state index in [4.69, 9.17) is 9.84 Å². The van der Waals surface area contributed by atoms with Crippen molar-refractivity contribution in [2.24, 2.45) is 0 Å². The van der Waals surface area contributed by atoms with E-state index in [9.17, 15) is 20.4 Å². The lowest BCUT2D eigenvalue weighted by Crippen LogP contribution is -2.70. The van der Waals surface area contributed by atoms with Crippen LogP contribution in [0.5, 0.6) is 0 Å². The lowest BCUT2D eigenvalue weighted by atomic mass is 9.82. The van der Waals surface area contributed by atoms with Crippen LogP contribution >= 0.6 is 0 Å². The van der Waals surface area contributed by atoms with E-state index in [1.54, 1.807) is 0 Å². The van der Waals surface area contributed by atoms with Crippen molar-refractivity contribution in [2.45, 2.75) is 43.5 Å². The Balaban J connectivity index is 2.99. The maximum Gasteiger partial charge on any atom is 0.219 e. The highest BCUT2D eigenvalue weighted by Crippen LogP contribution is 2.34. The number of hydrogen-bond donors (Lipinski definition) is 5. The van der Waals surface area contributed by atoms with Gasteiger partial charge < -0.3 is 30.3 Å². The van der Waals surface area contributed by atoms with Gasteiger partial charge in [0.15, 0.2) is 0 Å². The summed E-state index contributed by atoms with van der Waals surface area (Å²) in [6.07, 6.45) is -3.99. The fourth-order valence-corrected chi connectivity index (χ4v) is 1.67. The maximum atomic E-state index is 9.70. The monoisotopic (exact) mass is 208 g/mol. The molecule has 1 rings (SSSR count). The van der Waals surface area contributed by atoms with Gasteiger partial charge in [-0.3, -0.25) is 0 Å². The molecule has 0 amide bonds. The van der Waals surface area contributed by atoms with Crippen molar-refractivity contribution < 1.29 is 30.3 Å². The summed E-state index contributed by atoms with van der Waals surface area (Å²) in [4.78, 5) is 0.